The van der Waals surface area contributed by atoms with Gasteiger partial charge < -0.3 is 11.1 Å². The van der Waals surface area contributed by atoms with E-state index in [9.17, 15) is 18.0 Å². The molecule has 0 unspecified atom stereocenters. The summed E-state index contributed by atoms with van der Waals surface area (Å²) in [4.78, 5) is 36.5. The molecule has 5 rings (SSSR count). The van der Waals surface area contributed by atoms with Crippen LogP contribution in [0.25, 0.3) is 22.2 Å². The first-order chi connectivity index (χ1) is 19.5. The third-order valence-corrected chi connectivity index (χ3v) is 6.84. The summed E-state index contributed by atoms with van der Waals surface area (Å²) in [5.74, 6) is 5.38. The summed E-state index contributed by atoms with van der Waals surface area (Å²) in [7, 11) is -3.41. The van der Waals surface area contributed by atoms with Crippen LogP contribution in [0, 0.1) is 18.8 Å². The number of hydrogen-bond acceptors (Lipinski definition) is 8. The predicted molar refractivity (Wildman–Crippen MR) is 155 cm³/mol. The Morgan fingerprint density at radius 3 is 2.56 bits per heavy atom. The van der Waals surface area contributed by atoms with E-state index in [-0.39, 0.29) is 29.3 Å². The summed E-state index contributed by atoms with van der Waals surface area (Å²) < 4.78 is 27.9. The number of carbonyl (C=O) groups excluding carboxylic acids is 1. The van der Waals surface area contributed by atoms with Crippen molar-refractivity contribution in [2.45, 2.75) is 19.9 Å². The molecule has 0 bridgehead atoms. The lowest BCUT2D eigenvalue weighted by atomic mass is 10.1. The Kier molecular flexibility index (Phi) is 7.27. The Labute approximate surface area is 235 Å². The number of nitrogens with zero attached hydrogens (tertiary/aromatic N) is 5. The minimum absolute atomic E-state index is 0.0216. The SMILES string of the molecule is Cc1ccc2nc(N)c(C(=O)N[C@H](C)c3nc4cccc(C#CCNS(C)(=O)=O)c4c(=O)n3-c3ccccc3)n2n1. The topological polar surface area (TPSA) is 166 Å². The summed E-state index contributed by atoms with van der Waals surface area (Å²) in [6.45, 7) is 3.39. The molecule has 0 aliphatic heterocycles. The first-order valence-electron chi connectivity index (χ1n) is 12.5. The number of para-hydroxylation sites is 1. The highest BCUT2D eigenvalue weighted by molar-refractivity contribution is 7.88. The molecule has 2 aromatic carbocycles. The van der Waals surface area contributed by atoms with Crippen LogP contribution >= 0.6 is 0 Å². The van der Waals surface area contributed by atoms with Crippen molar-refractivity contribution >= 4 is 38.3 Å². The number of benzene rings is 2. The second kappa shape index (κ2) is 10.8. The zero-order valence-electron chi connectivity index (χ0n) is 22.4. The van der Waals surface area contributed by atoms with Crippen LogP contribution in [0.4, 0.5) is 5.82 Å². The third kappa shape index (κ3) is 5.65. The Bertz CT molecular complexity index is 2040. The summed E-state index contributed by atoms with van der Waals surface area (Å²) in [5, 5.41) is 7.51. The van der Waals surface area contributed by atoms with E-state index in [1.807, 2.05) is 6.07 Å². The number of nitrogens with two attached hydrogens (primary N) is 1. The second-order valence-corrected chi connectivity index (χ2v) is 11.2. The van der Waals surface area contributed by atoms with E-state index >= 15 is 0 Å². The molecule has 3 aromatic heterocycles. The molecule has 0 saturated carbocycles. The third-order valence-electron chi connectivity index (χ3n) is 6.17. The fourth-order valence-corrected chi connectivity index (χ4v) is 4.69. The monoisotopic (exact) mass is 570 g/mol. The van der Waals surface area contributed by atoms with Crippen LogP contribution in [0.15, 0.2) is 65.5 Å². The quantitative estimate of drug-likeness (QED) is 0.260. The van der Waals surface area contributed by atoms with Crippen LogP contribution in [0.1, 0.15) is 40.5 Å². The normalized spacial score (nSPS) is 12.2. The molecule has 0 saturated heterocycles. The highest BCUT2D eigenvalue weighted by Gasteiger charge is 2.24. The number of sulfonamides is 1. The van der Waals surface area contributed by atoms with Crippen LogP contribution in [-0.2, 0) is 10.0 Å². The van der Waals surface area contributed by atoms with Gasteiger partial charge in [-0.1, -0.05) is 36.1 Å². The molecule has 1 amide bonds. The van der Waals surface area contributed by atoms with Gasteiger partial charge in [0.15, 0.2) is 17.2 Å². The lowest BCUT2D eigenvalue weighted by molar-refractivity contribution is 0.0931. The fraction of sp³-hybridized carbons (Fsp3) is 0.179. The first-order valence-corrected chi connectivity index (χ1v) is 14.4. The van der Waals surface area contributed by atoms with Gasteiger partial charge in [0, 0.05) is 5.56 Å². The van der Waals surface area contributed by atoms with Gasteiger partial charge in [-0.2, -0.15) is 5.10 Å². The van der Waals surface area contributed by atoms with Crippen molar-refractivity contribution < 1.29 is 13.2 Å². The van der Waals surface area contributed by atoms with Crippen molar-refractivity contribution in [3.63, 3.8) is 0 Å². The van der Waals surface area contributed by atoms with Crippen LogP contribution in [0.5, 0.6) is 0 Å². The second-order valence-electron chi connectivity index (χ2n) is 9.33. The summed E-state index contributed by atoms with van der Waals surface area (Å²) in [6.07, 6.45) is 1.04. The number of aromatic nitrogens is 5. The van der Waals surface area contributed by atoms with Crippen molar-refractivity contribution in [3.05, 3.63) is 93.8 Å². The van der Waals surface area contributed by atoms with Gasteiger partial charge in [-0.3, -0.25) is 14.2 Å². The standard InChI is InChI=1S/C28H26N8O4S/c1-17-14-15-22-33-25(29)24(36(22)34-17)27(37)31-18(2)26-32-21-13-7-9-19(10-8-16-30-41(3,39)40)23(21)28(38)35(26)20-11-5-4-6-12-20/h4-7,9,11-15,18,30H,16,29H2,1-3H3,(H,31,37)/t18-/m1/s1. The van der Waals surface area contributed by atoms with Gasteiger partial charge in [0.25, 0.3) is 11.5 Å². The van der Waals surface area contributed by atoms with Gasteiger partial charge in [0.05, 0.1) is 41.1 Å². The van der Waals surface area contributed by atoms with Crippen LogP contribution in [0.2, 0.25) is 0 Å². The fourth-order valence-electron chi connectivity index (χ4n) is 4.36. The van der Waals surface area contributed by atoms with Crippen molar-refractivity contribution in [3.8, 4) is 17.5 Å². The van der Waals surface area contributed by atoms with E-state index in [0.29, 0.717) is 28.1 Å². The van der Waals surface area contributed by atoms with E-state index in [1.165, 1.54) is 9.08 Å². The number of fused-ring (bicyclic) bond motifs is 2. The number of imidazole rings is 1. The van der Waals surface area contributed by atoms with E-state index in [2.05, 4.69) is 32.0 Å². The molecule has 41 heavy (non-hydrogen) atoms. The van der Waals surface area contributed by atoms with Gasteiger partial charge in [-0.25, -0.2) is 27.6 Å². The molecule has 208 valence electrons. The smallest absolute Gasteiger partial charge is 0.274 e. The molecule has 4 N–H and O–H groups in total. The summed E-state index contributed by atoms with van der Waals surface area (Å²) in [5.41, 5.74) is 8.15. The van der Waals surface area contributed by atoms with Crippen molar-refractivity contribution in [2.24, 2.45) is 0 Å². The molecule has 0 spiro atoms. The number of anilines is 1. The number of carbonyl (C=O) groups is 1. The molecule has 0 fully saturated rings. The number of aryl methyl sites for hydroxylation is 1. The highest BCUT2D eigenvalue weighted by Crippen LogP contribution is 2.21. The molecule has 13 heteroatoms. The first kappa shape index (κ1) is 27.5. The van der Waals surface area contributed by atoms with Gasteiger partial charge in [0.1, 0.15) is 5.82 Å². The van der Waals surface area contributed by atoms with Crippen LogP contribution in [-0.4, -0.2) is 51.3 Å². The largest absolute Gasteiger partial charge is 0.382 e. The van der Waals surface area contributed by atoms with Crippen LogP contribution < -0.4 is 21.3 Å². The van der Waals surface area contributed by atoms with Gasteiger partial charge in [0.2, 0.25) is 10.0 Å². The Morgan fingerprint density at radius 1 is 1.07 bits per heavy atom. The van der Waals surface area contributed by atoms with Gasteiger partial charge in [-0.05, 0) is 50.2 Å². The number of nitrogens with one attached hydrogen (secondary N) is 2. The molecular weight excluding hydrogens is 544 g/mol. The van der Waals surface area contributed by atoms with Gasteiger partial charge in [-0.15, -0.1) is 0 Å². The average Bonchev–Trinajstić information content (AvgIpc) is 3.25. The van der Waals surface area contributed by atoms with E-state index in [0.717, 1.165) is 6.26 Å². The van der Waals surface area contributed by atoms with E-state index in [4.69, 9.17) is 10.7 Å². The van der Waals surface area contributed by atoms with Crippen molar-refractivity contribution in [2.75, 3.05) is 18.5 Å². The van der Waals surface area contributed by atoms with Gasteiger partial charge >= 0.3 is 0 Å². The Morgan fingerprint density at radius 2 is 1.83 bits per heavy atom. The molecule has 5 aromatic rings. The summed E-state index contributed by atoms with van der Waals surface area (Å²) >= 11 is 0. The zero-order chi connectivity index (χ0) is 29.3. The number of hydrogen-bond donors (Lipinski definition) is 3. The molecule has 12 nitrogen and oxygen atoms in total. The number of nitrogen functional groups attached to an aromatic ring is 1. The number of rotatable bonds is 6. The molecule has 0 radical (unpaired) electrons. The Balaban J connectivity index is 1.61. The molecule has 3 heterocycles. The minimum atomic E-state index is -3.41. The van der Waals surface area contributed by atoms with Crippen LogP contribution in [0.3, 0.4) is 0 Å². The highest BCUT2D eigenvalue weighted by atomic mass is 32.2. The predicted octanol–water partition coefficient (Wildman–Crippen LogP) is 1.71. The van der Waals surface area contributed by atoms with Crippen molar-refractivity contribution in [1.82, 2.24) is 34.2 Å². The Hall–Kier alpha value is -5.06. The average molecular weight is 571 g/mol. The lowest BCUT2D eigenvalue weighted by Crippen LogP contribution is -2.34. The maximum atomic E-state index is 14.0. The maximum Gasteiger partial charge on any atom is 0.274 e. The minimum Gasteiger partial charge on any atom is -0.382 e. The molecule has 1 atom stereocenters. The maximum absolute atomic E-state index is 14.0. The summed E-state index contributed by atoms with van der Waals surface area (Å²) in [6, 6.07) is 16.7. The number of amides is 1. The van der Waals surface area contributed by atoms with E-state index in [1.54, 1.807) is 68.4 Å². The van der Waals surface area contributed by atoms with E-state index < -0.39 is 27.5 Å². The lowest BCUT2D eigenvalue weighted by Gasteiger charge is -2.20. The zero-order valence-corrected chi connectivity index (χ0v) is 23.2. The molecule has 0 aliphatic rings. The van der Waals surface area contributed by atoms with Crippen molar-refractivity contribution in [1.29, 1.82) is 0 Å². The molecular formula is C28H26N8O4S. The molecule has 0 aliphatic carbocycles.